The van der Waals surface area contributed by atoms with E-state index >= 15 is 0 Å². The fourth-order valence-corrected chi connectivity index (χ4v) is 3.02. The third kappa shape index (κ3) is 5.89. The van der Waals surface area contributed by atoms with Gasteiger partial charge in [-0.15, -0.1) is 11.8 Å². The zero-order valence-corrected chi connectivity index (χ0v) is 14.9. The van der Waals surface area contributed by atoms with Gasteiger partial charge in [-0.25, -0.2) is 9.18 Å². The first-order valence-corrected chi connectivity index (χ1v) is 9.03. The number of hydrogen-bond acceptors (Lipinski definition) is 2. The third-order valence-electron chi connectivity index (χ3n) is 3.60. The van der Waals surface area contributed by atoms with Crippen molar-refractivity contribution in [3.8, 4) is 0 Å². The van der Waals surface area contributed by atoms with Crippen LogP contribution in [0.5, 0.6) is 0 Å². The lowest BCUT2D eigenvalue weighted by Crippen LogP contribution is -2.40. The molecular formula is C19H23FN2OS. The molecule has 0 aliphatic carbocycles. The number of urea groups is 1. The summed E-state index contributed by atoms with van der Waals surface area (Å²) >= 11 is 1.71. The molecule has 0 saturated heterocycles. The maximum atomic E-state index is 13.2. The second-order valence-electron chi connectivity index (χ2n) is 5.54. The average Bonchev–Trinajstić information content (AvgIpc) is 2.58. The van der Waals surface area contributed by atoms with Gasteiger partial charge in [0, 0.05) is 30.3 Å². The summed E-state index contributed by atoms with van der Waals surface area (Å²) in [5.74, 6) is 0.533. The van der Waals surface area contributed by atoms with Gasteiger partial charge in [0.15, 0.2) is 0 Å². The van der Waals surface area contributed by atoms with Crippen LogP contribution in [-0.4, -0.2) is 29.8 Å². The fourth-order valence-electron chi connectivity index (χ4n) is 2.26. The highest BCUT2D eigenvalue weighted by molar-refractivity contribution is 7.99. The highest BCUT2D eigenvalue weighted by atomic mass is 32.2. The molecule has 2 amide bonds. The molecule has 24 heavy (non-hydrogen) atoms. The molecule has 0 spiro atoms. The van der Waals surface area contributed by atoms with Crippen LogP contribution < -0.4 is 5.32 Å². The number of nitrogens with zero attached hydrogens (tertiary/aromatic N) is 1. The molecule has 2 aromatic carbocycles. The van der Waals surface area contributed by atoms with Crippen molar-refractivity contribution in [2.45, 2.75) is 25.3 Å². The summed E-state index contributed by atoms with van der Waals surface area (Å²) in [5.41, 5.74) is 2.03. The molecule has 0 bridgehead atoms. The summed E-state index contributed by atoms with van der Waals surface area (Å²) in [6, 6.07) is 14.6. The molecule has 0 saturated carbocycles. The SMILES string of the molecule is CCN(Cc1cccc(F)c1)C(=O)NCCSc1ccc(C)cc1. The summed E-state index contributed by atoms with van der Waals surface area (Å²) in [6.45, 7) is 5.56. The summed E-state index contributed by atoms with van der Waals surface area (Å²) in [5, 5.41) is 2.92. The van der Waals surface area contributed by atoms with Gasteiger partial charge in [-0.05, 0) is 43.7 Å². The van der Waals surface area contributed by atoms with Crippen LogP contribution in [-0.2, 0) is 6.54 Å². The van der Waals surface area contributed by atoms with Gasteiger partial charge in [0.05, 0.1) is 0 Å². The van der Waals surface area contributed by atoms with Crippen molar-refractivity contribution in [1.82, 2.24) is 10.2 Å². The number of benzene rings is 2. The van der Waals surface area contributed by atoms with Gasteiger partial charge in [-0.1, -0.05) is 29.8 Å². The predicted molar refractivity (Wildman–Crippen MR) is 97.8 cm³/mol. The van der Waals surface area contributed by atoms with Crippen molar-refractivity contribution >= 4 is 17.8 Å². The second-order valence-corrected chi connectivity index (χ2v) is 6.71. The molecule has 0 aliphatic rings. The van der Waals surface area contributed by atoms with E-state index in [1.54, 1.807) is 22.7 Å². The molecule has 0 atom stereocenters. The van der Waals surface area contributed by atoms with Gasteiger partial charge < -0.3 is 10.2 Å². The maximum Gasteiger partial charge on any atom is 0.317 e. The van der Waals surface area contributed by atoms with E-state index in [1.165, 1.54) is 22.6 Å². The van der Waals surface area contributed by atoms with E-state index in [-0.39, 0.29) is 11.8 Å². The molecule has 0 aliphatic heterocycles. The Hall–Kier alpha value is -2.01. The zero-order valence-electron chi connectivity index (χ0n) is 14.1. The highest BCUT2D eigenvalue weighted by Gasteiger charge is 2.11. The standard InChI is InChI=1S/C19H23FN2OS/c1-3-22(14-16-5-4-6-17(20)13-16)19(23)21-11-12-24-18-9-7-15(2)8-10-18/h4-10,13H,3,11-12,14H2,1-2H3,(H,21,23). The summed E-state index contributed by atoms with van der Waals surface area (Å²) < 4.78 is 13.2. The van der Waals surface area contributed by atoms with E-state index in [1.807, 2.05) is 13.0 Å². The van der Waals surface area contributed by atoms with Crippen molar-refractivity contribution in [2.75, 3.05) is 18.8 Å². The first-order chi connectivity index (χ1) is 11.6. The Labute approximate surface area is 147 Å². The lowest BCUT2D eigenvalue weighted by molar-refractivity contribution is 0.199. The average molecular weight is 346 g/mol. The van der Waals surface area contributed by atoms with Crippen LogP contribution in [0.4, 0.5) is 9.18 Å². The lowest BCUT2D eigenvalue weighted by Gasteiger charge is -2.21. The molecule has 1 N–H and O–H groups in total. The minimum absolute atomic E-state index is 0.119. The van der Waals surface area contributed by atoms with Gasteiger partial charge in [-0.2, -0.15) is 0 Å². The number of nitrogens with one attached hydrogen (secondary N) is 1. The fraction of sp³-hybridized carbons (Fsp3) is 0.316. The largest absolute Gasteiger partial charge is 0.337 e. The molecule has 0 radical (unpaired) electrons. The maximum absolute atomic E-state index is 13.2. The first kappa shape index (κ1) is 18.3. The molecule has 2 aromatic rings. The van der Waals surface area contributed by atoms with Crippen molar-refractivity contribution < 1.29 is 9.18 Å². The number of carbonyl (C=O) groups is 1. The topological polar surface area (TPSA) is 32.3 Å². The number of halogens is 1. The minimum Gasteiger partial charge on any atom is -0.337 e. The normalized spacial score (nSPS) is 10.5. The molecule has 0 unspecified atom stereocenters. The van der Waals surface area contributed by atoms with E-state index in [9.17, 15) is 9.18 Å². The molecule has 2 rings (SSSR count). The van der Waals surface area contributed by atoms with Crippen LogP contribution >= 0.6 is 11.8 Å². The molecule has 0 fully saturated rings. The van der Waals surface area contributed by atoms with Gasteiger partial charge in [0.25, 0.3) is 0 Å². The molecular weight excluding hydrogens is 323 g/mol. The Morgan fingerprint density at radius 2 is 1.96 bits per heavy atom. The molecule has 5 heteroatoms. The first-order valence-electron chi connectivity index (χ1n) is 8.05. The number of carbonyl (C=O) groups excluding carboxylic acids is 1. The Balaban J connectivity index is 1.76. The van der Waals surface area contributed by atoms with Crippen molar-refractivity contribution in [3.63, 3.8) is 0 Å². The molecule has 0 aromatic heterocycles. The molecule has 3 nitrogen and oxygen atoms in total. The van der Waals surface area contributed by atoms with E-state index in [2.05, 4.69) is 36.5 Å². The van der Waals surface area contributed by atoms with Crippen LogP contribution in [0.2, 0.25) is 0 Å². The Morgan fingerprint density at radius 1 is 1.21 bits per heavy atom. The number of rotatable bonds is 7. The van der Waals surface area contributed by atoms with Gasteiger partial charge in [0.1, 0.15) is 5.82 Å². The van der Waals surface area contributed by atoms with Crippen LogP contribution in [0.25, 0.3) is 0 Å². The van der Waals surface area contributed by atoms with E-state index in [0.29, 0.717) is 19.6 Å². The lowest BCUT2D eigenvalue weighted by atomic mass is 10.2. The molecule has 0 heterocycles. The number of amides is 2. The van der Waals surface area contributed by atoms with Crippen molar-refractivity contribution in [1.29, 1.82) is 0 Å². The van der Waals surface area contributed by atoms with E-state index in [4.69, 9.17) is 0 Å². The number of hydrogen-bond donors (Lipinski definition) is 1. The quantitative estimate of drug-likeness (QED) is 0.593. The van der Waals surface area contributed by atoms with Crippen molar-refractivity contribution in [2.24, 2.45) is 0 Å². The third-order valence-corrected chi connectivity index (χ3v) is 4.61. The Bertz CT molecular complexity index is 661. The predicted octanol–water partition coefficient (Wildman–Crippen LogP) is 4.46. The Kier molecular flexibility index (Phi) is 7.12. The van der Waals surface area contributed by atoms with Crippen LogP contribution in [0, 0.1) is 12.7 Å². The van der Waals surface area contributed by atoms with Crippen LogP contribution in [0.15, 0.2) is 53.4 Å². The number of aryl methyl sites for hydroxylation is 1. The van der Waals surface area contributed by atoms with Crippen molar-refractivity contribution in [3.05, 3.63) is 65.5 Å². The summed E-state index contributed by atoms with van der Waals surface area (Å²) in [6.07, 6.45) is 0. The van der Waals surface area contributed by atoms with E-state index < -0.39 is 0 Å². The van der Waals surface area contributed by atoms with Crippen LogP contribution in [0.1, 0.15) is 18.1 Å². The second kappa shape index (κ2) is 9.33. The molecule has 128 valence electrons. The van der Waals surface area contributed by atoms with Gasteiger partial charge in [0.2, 0.25) is 0 Å². The number of thioether (sulfide) groups is 1. The smallest absolute Gasteiger partial charge is 0.317 e. The summed E-state index contributed by atoms with van der Waals surface area (Å²) in [4.78, 5) is 15.1. The van der Waals surface area contributed by atoms with Crippen LogP contribution in [0.3, 0.4) is 0 Å². The van der Waals surface area contributed by atoms with Gasteiger partial charge in [-0.3, -0.25) is 0 Å². The summed E-state index contributed by atoms with van der Waals surface area (Å²) in [7, 11) is 0. The highest BCUT2D eigenvalue weighted by Crippen LogP contribution is 2.17. The van der Waals surface area contributed by atoms with Gasteiger partial charge >= 0.3 is 6.03 Å². The minimum atomic E-state index is -0.279. The Morgan fingerprint density at radius 3 is 2.62 bits per heavy atom. The van der Waals surface area contributed by atoms with E-state index in [0.717, 1.165) is 11.3 Å². The zero-order chi connectivity index (χ0) is 17.4. The monoisotopic (exact) mass is 346 g/mol.